The molecule has 1 N–H and O–H groups in total. The molecule has 3 heterocycles. The predicted molar refractivity (Wildman–Crippen MR) is 124 cm³/mol. The number of aryl methyl sites for hydroxylation is 1. The minimum absolute atomic E-state index is 0.000654. The van der Waals surface area contributed by atoms with Gasteiger partial charge in [-0.1, -0.05) is 11.6 Å². The molecule has 2 atom stereocenters. The van der Waals surface area contributed by atoms with E-state index in [0.717, 1.165) is 23.6 Å². The van der Waals surface area contributed by atoms with Gasteiger partial charge in [0, 0.05) is 42.3 Å². The third-order valence-corrected chi connectivity index (χ3v) is 6.35. The SMILES string of the molecule is Cc1cc(N2C(=O)N(C)CC2C2CC2)nc(N[C@@H](C)c2cn(-c3ccc(Cl)cc3)cn2)n1. The summed E-state index contributed by atoms with van der Waals surface area (Å²) < 4.78 is 1.95. The topological polar surface area (TPSA) is 79.2 Å². The van der Waals surface area contributed by atoms with E-state index in [1.807, 2.05) is 66.9 Å². The van der Waals surface area contributed by atoms with Gasteiger partial charge in [0.05, 0.1) is 24.1 Å². The number of urea groups is 1. The summed E-state index contributed by atoms with van der Waals surface area (Å²) in [6, 6.07) is 9.55. The average Bonchev–Trinajstić information content (AvgIpc) is 3.40. The second-order valence-corrected chi connectivity index (χ2v) is 9.11. The first-order chi connectivity index (χ1) is 15.4. The fraction of sp³-hybridized carbons (Fsp3) is 0.391. The summed E-state index contributed by atoms with van der Waals surface area (Å²) in [6.45, 7) is 4.68. The highest BCUT2D eigenvalue weighted by molar-refractivity contribution is 6.30. The third-order valence-electron chi connectivity index (χ3n) is 6.10. The van der Waals surface area contributed by atoms with E-state index in [2.05, 4.69) is 15.3 Å². The maximum absolute atomic E-state index is 12.8. The van der Waals surface area contributed by atoms with Crippen LogP contribution in [0.4, 0.5) is 16.6 Å². The van der Waals surface area contributed by atoms with Crippen LogP contribution in [0, 0.1) is 12.8 Å². The number of imidazole rings is 1. The second kappa shape index (κ2) is 8.09. The van der Waals surface area contributed by atoms with Crippen LogP contribution >= 0.6 is 11.6 Å². The molecule has 166 valence electrons. The molecule has 8 nitrogen and oxygen atoms in total. The molecule has 2 aromatic heterocycles. The van der Waals surface area contributed by atoms with Crippen LogP contribution in [0.1, 0.15) is 37.2 Å². The molecule has 3 aromatic rings. The van der Waals surface area contributed by atoms with E-state index in [0.29, 0.717) is 22.7 Å². The Hall–Kier alpha value is -3.13. The van der Waals surface area contributed by atoms with Gasteiger partial charge in [-0.05, 0) is 56.9 Å². The Labute approximate surface area is 192 Å². The van der Waals surface area contributed by atoms with Crippen LogP contribution < -0.4 is 10.2 Å². The van der Waals surface area contributed by atoms with Crippen molar-refractivity contribution in [1.82, 2.24) is 24.4 Å². The number of likely N-dealkylation sites (N-methyl/N-ethyl adjacent to an activating group) is 1. The largest absolute Gasteiger partial charge is 0.346 e. The Kier molecular flexibility index (Phi) is 5.25. The highest BCUT2D eigenvalue weighted by Crippen LogP contribution is 2.40. The minimum atomic E-state index is -0.116. The fourth-order valence-corrected chi connectivity index (χ4v) is 4.32. The van der Waals surface area contributed by atoms with Crippen molar-refractivity contribution in [3.63, 3.8) is 0 Å². The van der Waals surface area contributed by atoms with E-state index < -0.39 is 0 Å². The van der Waals surface area contributed by atoms with Gasteiger partial charge in [-0.15, -0.1) is 0 Å². The Bertz CT molecular complexity index is 1140. The van der Waals surface area contributed by atoms with Crippen molar-refractivity contribution in [2.45, 2.75) is 38.8 Å². The first-order valence-electron chi connectivity index (χ1n) is 10.9. The molecule has 2 fully saturated rings. The number of carbonyl (C=O) groups excluding carboxylic acids is 1. The lowest BCUT2D eigenvalue weighted by Gasteiger charge is -2.23. The lowest BCUT2D eigenvalue weighted by atomic mass is 10.2. The third kappa shape index (κ3) is 4.02. The van der Waals surface area contributed by atoms with E-state index in [-0.39, 0.29) is 18.1 Å². The number of halogens is 1. The number of hydrogen-bond donors (Lipinski definition) is 1. The number of aromatic nitrogens is 4. The van der Waals surface area contributed by atoms with Gasteiger partial charge in [-0.3, -0.25) is 4.90 Å². The number of carbonyl (C=O) groups is 1. The molecule has 1 unspecified atom stereocenters. The molecule has 1 aliphatic heterocycles. The van der Waals surface area contributed by atoms with Crippen LogP contribution in [0.2, 0.25) is 5.02 Å². The Morgan fingerprint density at radius 3 is 2.66 bits per heavy atom. The van der Waals surface area contributed by atoms with E-state index >= 15 is 0 Å². The van der Waals surface area contributed by atoms with Gasteiger partial charge in [-0.25, -0.2) is 14.8 Å². The van der Waals surface area contributed by atoms with Crippen molar-refractivity contribution >= 4 is 29.4 Å². The number of anilines is 2. The lowest BCUT2D eigenvalue weighted by Crippen LogP contribution is -2.36. The zero-order chi connectivity index (χ0) is 22.4. The number of amides is 2. The first-order valence-corrected chi connectivity index (χ1v) is 11.2. The summed E-state index contributed by atoms with van der Waals surface area (Å²) in [4.78, 5) is 30.2. The van der Waals surface area contributed by atoms with Crippen LogP contribution in [0.15, 0.2) is 42.9 Å². The van der Waals surface area contributed by atoms with Crippen molar-refractivity contribution < 1.29 is 4.79 Å². The van der Waals surface area contributed by atoms with Gasteiger partial charge >= 0.3 is 6.03 Å². The molecule has 0 bridgehead atoms. The van der Waals surface area contributed by atoms with E-state index in [1.165, 1.54) is 12.8 Å². The molecule has 1 saturated heterocycles. The number of hydrogen-bond acceptors (Lipinski definition) is 5. The molecule has 2 amide bonds. The summed E-state index contributed by atoms with van der Waals surface area (Å²) in [6.07, 6.45) is 6.09. The summed E-state index contributed by atoms with van der Waals surface area (Å²) in [7, 11) is 1.85. The van der Waals surface area contributed by atoms with Gasteiger partial charge in [0.25, 0.3) is 0 Å². The van der Waals surface area contributed by atoms with E-state index in [9.17, 15) is 4.79 Å². The van der Waals surface area contributed by atoms with Gasteiger partial charge in [-0.2, -0.15) is 4.98 Å². The maximum atomic E-state index is 12.8. The highest BCUT2D eigenvalue weighted by Gasteiger charge is 2.45. The number of nitrogens with zero attached hydrogens (tertiary/aromatic N) is 6. The predicted octanol–water partition coefficient (Wildman–Crippen LogP) is 4.45. The molecule has 5 rings (SSSR count). The Morgan fingerprint density at radius 1 is 1.19 bits per heavy atom. The maximum Gasteiger partial charge on any atom is 0.325 e. The average molecular weight is 452 g/mol. The molecule has 2 aliphatic rings. The van der Waals surface area contributed by atoms with Gasteiger partial charge in [0.15, 0.2) is 0 Å². The summed E-state index contributed by atoms with van der Waals surface area (Å²) in [5, 5.41) is 4.05. The van der Waals surface area contributed by atoms with Gasteiger partial charge in [0.1, 0.15) is 5.82 Å². The molecule has 1 aliphatic carbocycles. The standard InChI is InChI=1S/C23H26ClN7O/c1-14-10-21(31-20(16-4-5-16)12-29(3)23(31)32)28-22(26-14)27-15(2)19-11-30(13-25-19)18-8-6-17(24)7-9-18/h6-11,13,15-16,20H,4-5,12H2,1-3H3,(H,26,27,28)/t15-,20?/m0/s1. The highest BCUT2D eigenvalue weighted by atomic mass is 35.5. The fourth-order valence-electron chi connectivity index (χ4n) is 4.20. The summed E-state index contributed by atoms with van der Waals surface area (Å²) in [5.41, 5.74) is 2.66. The molecular weight excluding hydrogens is 426 g/mol. The van der Waals surface area contributed by atoms with E-state index in [4.69, 9.17) is 16.6 Å². The van der Waals surface area contributed by atoms with Crippen LogP contribution in [-0.4, -0.2) is 50.1 Å². The zero-order valence-corrected chi connectivity index (χ0v) is 19.1. The van der Waals surface area contributed by atoms with Crippen molar-refractivity contribution in [3.05, 3.63) is 59.3 Å². The number of benzene rings is 1. The molecule has 0 spiro atoms. The van der Waals surface area contributed by atoms with Crippen molar-refractivity contribution in [1.29, 1.82) is 0 Å². The van der Waals surface area contributed by atoms with Gasteiger partial charge in [0.2, 0.25) is 5.95 Å². The van der Waals surface area contributed by atoms with Crippen LogP contribution in [0.5, 0.6) is 0 Å². The molecule has 1 aromatic carbocycles. The van der Waals surface area contributed by atoms with Crippen LogP contribution in [0.3, 0.4) is 0 Å². The van der Waals surface area contributed by atoms with Crippen molar-refractivity contribution in [3.8, 4) is 5.69 Å². The number of rotatable bonds is 6. The zero-order valence-electron chi connectivity index (χ0n) is 18.4. The Morgan fingerprint density at radius 2 is 1.94 bits per heavy atom. The molecule has 32 heavy (non-hydrogen) atoms. The normalized spacial score (nSPS) is 19.5. The molecule has 0 radical (unpaired) electrons. The summed E-state index contributed by atoms with van der Waals surface area (Å²) >= 11 is 5.99. The molecule has 1 saturated carbocycles. The minimum Gasteiger partial charge on any atom is -0.346 e. The lowest BCUT2D eigenvalue weighted by molar-refractivity contribution is 0.229. The van der Waals surface area contributed by atoms with E-state index in [1.54, 1.807) is 11.2 Å². The monoisotopic (exact) mass is 451 g/mol. The van der Waals surface area contributed by atoms with Gasteiger partial charge < -0.3 is 14.8 Å². The van der Waals surface area contributed by atoms with Crippen molar-refractivity contribution in [2.24, 2.45) is 5.92 Å². The van der Waals surface area contributed by atoms with Crippen molar-refractivity contribution in [2.75, 3.05) is 23.8 Å². The summed E-state index contributed by atoms with van der Waals surface area (Å²) in [5.74, 6) is 1.71. The second-order valence-electron chi connectivity index (χ2n) is 8.68. The Balaban J connectivity index is 1.36. The van der Waals surface area contributed by atoms with Crippen LogP contribution in [-0.2, 0) is 0 Å². The van der Waals surface area contributed by atoms with Crippen LogP contribution in [0.25, 0.3) is 5.69 Å². The smallest absolute Gasteiger partial charge is 0.325 e. The molecular formula is C23H26ClN7O. The number of nitrogens with one attached hydrogen (secondary N) is 1. The molecule has 9 heteroatoms. The first kappa shape index (κ1) is 20.8. The quantitative estimate of drug-likeness (QED) is 0.599.